The van der Waals surface area contributed by atoms with Crippen molar-refractivity contribution >= 4 is 122 Å². The second-order valence-corrected chi connectivity index (χ2v) is 28.0. The minimum Gasteiger partial charge on any atom is -0.384 e. The maximum absolute atomic E-state index is 6.03. The first-order valence-electron chi connectivity index (χ1n) is 13.1. The van der Waals surface area contributed by atoms with Crippen molar-refractivity contribution in [2.24, 2.45) is 0 Å². The molecule has 0 aliphatic carbocycles. The Balaban J connectivity index is 1.27. The molecule has 40 heavy (non-hydrogen) atoms. The average Bonchev–Trinajstić information content (AvgIpc) is 3.57. The highest BCUT2D eigenvalue weighted by molar-refractivity contribution is 9.41. The Morgan fingerprint density at radius 3 is 1.40 bits per heavy atom. The topological polar surface area (TPSA) is 44.2 Å². The van der Waals surface area contributed by atoms with Gasteiger partial charge >= 0.3 is 0 Å². The zero-order valence-electron chi connectivity index (χ0n) is 23.5. The Kier molecular flexibility index (Phi) is 14.5. The molecule has 0 saturated carbocycles. The van der Waals surface area contributed by atoms with Gasteiger partial charge in [-0.25, -0.2) is 9.97 Å². The fraction of sp³-hybridized carbons (Fsp3) is 0.462. The molecule has 218 valence electrons. The third kappa shape index (κ3) is 9.10. The summed E-state index contributed by atoms with van der Waals surface area (Å²) in [5.74, 6) is 2.68. The summed E-state index contributed by atoms with van der Waals surface area (Å²) in [7, 11) is 13.0. The molecule has 4 aromatic rings. The number of nitrogens with zero attached hydrogens (tertiary/aromatic N) is 2. The molecule has 4 unspecified atom stereocenters. The van der Waals surface area contributed by atoms with Crippen LogP contribution in [0.25, 0.3) is 20.4 Å². The molecule has 2 heterocycles. The number of hydrogen-bond donors (Lipinski definition) is 0. The molecule has 0 aliphatic heterocycles. The Bertz CT molecular complexity index is 1160. The van der Waals surface area contributed by atoms with Gasteiger partial charge in [0.05, 0.1) is 49.5 Å². The van der Waals surface area contributed by atoms with E-state index in [2.05, 4.69) is 74.7 Å². The van der Waals surface area contributed by atoms with Crippen molar-refractivity contribution in [3.8, 4) is 0 Å². The predicted molar refractivity (Wildman–Crippen MR) is 199 cm³/mol. The van der Waals surface area contributed by atoms with Crippen LogP contribution < -0.4 is 0 Å². The lowest BCUT2D eigenvalue weighted by atomic mass is 10.2. The van der Waals surface area contributed by atoms with Gasteiger partial charge < -0.3 is 9.47 Å². The standard InChI is InChI=1S/C26H36N2O2S8Si2/c1-29-25(39(3)4)17(23-27-19-11-7-9-13-21(19)33-23)15-31-35-37-38-36-32-16-18(26(30-2)40(5)6)24-28-20-12-8-10-14-22(20)34-24/h7-14,17-18,25-26,39-40H,15-16H2,1-6H3. The number of ether oxygens (including phenoxy) is 2. The zero-order valence-corrected chi connectivity index (χ0v) is 32.3. The molecule has 0 radical (unpaired) electrons. The summed E-state index contributed by atoms with van der Waals surface area (Å²) >= 11 is 3.65. The van der Waals surface area contributed by atoms with Crippen molar-refractivity contribution in [2.45, 2.75) is 49.5 Å². The van der Waals surface area contributed by atoms with Crippen LogP contribution in [0.4, 0.5) is 0 Å². The van der Waals surface area contributed by atoms with Crippen LogP contribution in [0.1, 0.15) is 21.9 Å². The maximum atomic E-state index is 6.03. The van der Waals surface area contributed by atoms with Crippen molar-refractivity contribution in [2.75, 3.05) is 25.7 Å². The minimum absolute atomic E-state index is 0.286. The molecule has 0 fully saturated rings. The normalized spacial score (nSPS) is 15.3. The van der Waals surface area contributed by atoms with Crippen LogP contribution in [0.3, 0.4) is 0 Å². The van der Waals surface area contributed by atoms with Crippen LogP contribution in [-0.2, 0) is 9.47 Å². The first-order valence-corrected chi connectivity index (χ1v) is 28.5. The Labute approximate surface area is 272 Å². The molecule has 4 rings (SSSR count). The van der Waals surface area contributed by atoms with Gasteiger partial charge in [0.25, 0.3) is 0 Å². The number of hydrogen-bond acceptors (Lipinski definition) is 12. The van der Waals surface area contributed by atoms with Gasteiger partial charge in [-0.15, -0.1) is 22.7 Å². The number of thiazole rings is 2. The second kappa shape index (κ2) is 17.2. The van der Waals surface area contributed by atoms with E-state index in [1.165, 1.54) is 19.4 Å². The van der Waals surface area contributed by atoms with E-state index in [1.54, 1.807) is 0 Å². The number of rotatable bonds is 17. The highest BCUT2D eigenvalue weighted by Gasteiger charge is 2.31. The monoisotopic (exact) mass is 720 g/mol. The molecule has 0 bridgehead atoms. The SMILES string of the molecule is COC(C(CSSSSSSCC(c1nc2ccccc2s1)C(OC)[SiH](C)C)c1nc2ccccc2s1)[SiH](C)C. The fourth-order valence-electron chi connectivity index (χ4n) is 4.78. The second-order valence-electron chi connectivity index (χ2n) is 9.98. The molecule has 4 atom stereocenters. The summed E-state index contributed by atoms with van der Waals surface area (Å²) in [6.07, 6.45) is 0. The van der Waals surface area contributed by atoms with Crippen LogP contribution >= 0.6 is 83.6 Å². The molecule has 14 heteroatoms. The van der Waals surface area contributed by atoms with Gasteiger partial charge in [0.2, 0.25) is 0 Å². The van der Waals surface area contributed by atoms with Crippen LogP contribution in [0.5, 0.6) is 0 Å². The van der Waals surface area contributed by atoms with E-state index in [0.29, 0.717) is 11.8 Å². The van der Waals surface area contributed by atoms with Crippen LogP contribution in [0.2, 0.25) is 26.2 Å². The smallest absolute Gasteiger partial charge is 0.100 e. The van der Waals surface area contributed by atoms with Gasteiger partial charge in [0, 0.05) is 37.6 Å². The molecule has 0 saturated heterocycles. The zero-order chi connectivity index (χ0) is 28.5. The van der Waals surface area contributed by atoms with Crippen molar-refractivity contribution in [3.63, 3.8) is 0 Å². The average molecular weight is 721 g/mol. The van der Waals surface area contributed by atoms with Crippen molar-refractivity contribution in [1.82, 2.24) is 9.97 Å². The van der Waals surface area contributed by atoms with Gasteiger partial charge in [-0.05, 0) is 63.6 Å². The molecular formula is C26H36N2O2S8Si2. The van der Waals surface area contributed by atoms with Crippen molar-refractivity contribution in [1.29, 1.82) is 0 Å². The molecule has 2 aromatic heterocycles. The summed E-state index contributed by atoms with van der Waals surface area (Å²) in [5, 5.41) is 2.43. The lowest BCUT2D eigenvalue weighted by molar-refractivity contribution is 0.144. The fourth-order valence-corrected chi connectivity index (χ4v) is 23.4. The van der Waals surface area contributed by atoms with Gasteiger partial charge in [-0.3, -0.25) is 0 Å². The molecular weight excluding hydrogens is 685 g/mol. The number of aromatic nitrogens is 2. The Morgan fingerprint density at radius 2 is 1.05 bits per heavy atom. The first kappa shape index (κ1) is 33.6. The van der Waals surface area contributed by atoms with E-state index in [4.69, 9.17) is 19.4 Å². The number of benzene rings is 2. The van der Waals surface area contributed by atoms with Crippen LogP contribution in [-0.4, -0.2) is 64.7 Å². The molecule has 0 spiro atoms. The van der Waals surface area contributed by atoms with Crippen LogP contribution in [0.15, 0.2) is 48.5 Å². The number of fused-ring (bicyclic) bond motifs is 2. The minimum atomic E-state index is -1.01. The third-order valence-corrected chi connectivity index (χ3v) is 24.0. The molecule has 0 amide bonds. The van der Waals surface area contributed by atoms with E-state index in [9.17, 15) is 0 Å². The molecule has 4 nitrogen and oxygen atoms in total. The summed E-state index contributed by atoms with van der Waals surface area (Å²) in [5.41, 5.74) is 2.77. The molecule has 0 N–H and O–H groups in total. The highest BCUT2D eigenvalue weighted by atomic mass is 33.9. The van der Waals surface area contributed by atoms with Crippen molar-refractivity contribution < 1.29 is 9.47 Å². The van der Waals surface area contributed by atoms with E-state index in [0.717, 1.165) is 22.5 Å². The van der Waals surface area contributed by atoms with Gasteiger partial charge in [-0.2, -0.15) is 0 Å². The summed E-state index contributed by atoms with van der Waals surface area (Å²) in [6.45, 7) is 9.51. The first-order chi connectivity index (χ1) is 19.4. The van der Waals surface area contributed by atoms with E-state index in [1.807, 2.05) is 97.8 Å². The van der Waals surface area contributed by atoms with Crippen molar-refractivity contribution in [3.05, 3.63) is 58.5 Å². The lowest BCUT2D eigenvalue weighted by Gasteiger charge is -2.26. The summed E-state index contributed by atoms with van der Waals surface area (Å²) < 4.78 is 14.6. The highest BCUT2D eigenvalue weighted by Crippen LogP contribution is 2.54. The molecule has 0 aliphatic rings. The van der Waals surface area contributed by atoms with Crippen LogP contribution in [0, 0.1) is 0 Å². The third-order valence-electron chi connectivity index (χ3n) is 6.58. The maximum Gasteiger partial charge on any atom is 0.100 e. The Hall–Kier alpha value is 0.674. The summed E-state index contributed by atoms with van der Waals surface area (Å²) in [4.78, 5) is 10.00. The Morgan fingerprint density at radius 1 is 0.650 bits per heavy atom. The van der Waals surface area contributed by atoms with E-state index < -0.39 is 17.6 Å². The number of para-hydroxylation sites is 2. The van der Waals surface area contributed by atoms with Gasteiger partial charge in [0.15, 0.2) is 0 Å². The van der Waals surface area contributed by atoms with Gasteiger partial charge in [-0.1, -0.05) is 72.0 Å². The van der Waals surface area contributed by atoms with E-state index in [-0.39, 0.29) is 11.5 Å². The largest absolute Gasteiger partial charge is 0.384 e. The quantitative estimate of drug-likeness (QED) is 0.0599. The number of methoxy groups -OCH3 is 2. The van der Waals surface area contributed by atoms with E-state index >= 15 is 0 Å². The molecule has 2 aromatic carbocycles. The van der Waals surface area contributed by atoms with Gasteiger partial charge in [0.1, 0.15) is 10.0 Å². The predicted octanol–water partition coefficient (Wildman–Crippen LogP) is 9.83. The summed E-state index contributed by atoms with van der Waals surface area (Å²) in [6, 6.07) is 16.9. The lowest BCUT2D eigenvalue weighted by Crippen LogP contribution is -2.34.